The first-order chi connectivity index (χ1) is 45.1. The zero-order valence-electron chi connectivity index (χ0n) is 48.9. The predicted molar refractivity (Wildman–Crippen MR) is 390 cm³/mol. The molecule has 0 fully saturated rings. The van der Waals surface area contributed by atoms with Gasteiger partial charge in [-0.1, -0.05) is 152 Å². The molecule has 15 aromatic carbocycles. The lowest BCUT2D eigenvalue weighted by atomic mass is 9.92. The fraction of sp³-hybridized carbons (Fsp3) is 0. The molecule has 0 saturated heterocycles. The lowest BCUT2D eigenvalue weighted by Gasteiger charge is -2.27. The largest absolute Gasteiger partial charge is 0.456 e. The normalized spacial score (nSPS) is 12.2. The summed E-state index contributed by atoms with van der Waals surface area (Å²) in [5.41, 5.74) is 15.2. The van der Waals surface area contributed by atoms with Crippen LogP contribution in [0, 0.1) is 0 Å². The Labute approximate surface area is 529 Å². The third kappa shape index (κ3) is 7.57. The number of thiophene rings is 2. The lowest BCUT2D eigenvalue weighted by molar-refractivity contribution is 0.669. The smallest absolute Gasteiger partial charge is 0.136 e. The number of aromatic nitrogens is 2. The monoisotopic (exact) mass is 1190 g/mol. The van der Waals surface area contributed by atoms with Gasteiger partial charge < -0.3 is 23.4 Å². The van der Waals surface area contributed by atoms with E-state index in [1.54, 1.807) is 0 Å². The number of rotatable bonds is 8. The van der Waals surface area contributed by atoms with Crippen LogP contribution in [0.2, 0.25) is 0 Å². The average molecular weight is 1200 g/mol. The molecule has 0 unspecified atom stereocenters. The van der Waals surface area contributed by atoms with Gasteiger partial charge >= 0.3 is 0 Å². The molecular formula is C84H50N4OS2. The van der Waals surface area contributed by atoms with Crippen LogP contribution in [-0.4, -0.2) is 9.13 Å². The van der Waals surface area contributed by atoms with Crippen molar-refractivity contribution in [1.82, 2.24) is 9.13 Å². The van der Waals surface area contributed by atoms with Crippen molar-refractivity contribution in [3.05, 3.63) is 303 Å². The average Bonchev–Trinajstić information content (AvgIpc) is 1.76. The molecular weight excluding hydrogens is 1150 g/mol. The Morgan fingerprint density at radius 1 is 0.231 bits per heavy atom. The Kier molecular flexibility index (Phi) is 10.8. The second-order valence-corrected chi connectivity index (χ2v) is 26.1. The van der Waals surface area contributed by atoms with E-state index in [0.29, 0.717) is 0 Å². The maximum atomic E-state index is 7.03. The van der Waals surface area contributed by atoms with Crippen molar-refractivity contribution in [1.29, 1.82) is 0 Å². The Morgan fingerprint density at radius 3 is 1.30 bits per heavy atom. The van der Waals surface area contributed by atoms with E-state index in [4.69, 9.17) is 4.42 Å². The van der Waals surface area contributed by atoms with E-state index in [1.807, 2.05) is 22.7 Å². The minimum atomic E-state index is 0.848. The molecule has 0 spiro atoms. The quantitative estimate of drug-likeness (QED) is 0.142. The van der Waals surface area contributed by atoms with Crippen LogP contribution >= 0.6 is 22.7 Å². The highest BCUT2D eigenvalue weighted by Crippen LogP contribution is 2.50. The molecule has 0 atom stereocenters. The maximum Gasteiger partial charge on any atom is 0.136 e. The number of para-hydroxylation sites is 4. The number of fused-ring (bicyclic) bond motifs is 21. The fourth-order valence-corrected chi connectivity index (χ4v) is 17.3. The second-order valence-electron chi connectivity index (χ2n) is 23.9. The first-order valence-corrected chi connectivity index (χ1v) is 32.6. The highest BCUT2D eigenvalue weighted by Gasteiger charge is 2.25. The van der Waals surface area contributed by atoms with E-state index in [2.05, 4.69) is 322 Å². The molecule has 5 nitrogen and oxygen atoms in total. The molecule has 0 amide bonds. The minimum Gasteiger partial charge on any atom is -0.456 e. The van der Waals surface area contributed by atoms with Crippen LogP contribution in [-0.2, 0) is 0 Å². The lowest BCUT2D eigenvalue weighted by Crippen LogP contribution is -2.10. The molecule has 424 valence electrons. The summed E-state index contributed by atoms with van der Waals surface area (Å²) in [5.74, 6) is 0. The van der Waals surface area contributed by atoms with Gasteiger partial charge in [-0.2, -0.15) is 0 Å². The predicted octanol–water partition coefficient (Wildman–Crippen LogP) is 24.9. The number of anilines is 6. The van der Waals surface area contributed by atoms with E-state index in [9.17, 15) is 0 Å². The molecule has 0 bridgehead atoms. The minimum absolute atomic E-state index is 0.848. The molecule has 5 heterocycles. The molecule has 91 heavy (non-hydrogen) atoms. The Bertz CT molecular complexity index is 6430. The van der Waals surface area contributed by atoms with Gasteiger partial charge in [-0.3, -0.25) is 0 Å². The third-order valence-corrected chi connectivity index (χ3v) is 21.4. The second kappa shape index (κ2) is 19.5. The van der Waals surface area contributed by atoms with Gasteiger partial charge in [-0.05, 0) is 184 Å². The van der Waals surface area contributed by atoms with E-state index in [-0.39, 0.29) is 0 Å². The molecule has 20 aromatic rings. The van der Waals surface area contributed by atoms with Gasteiger partial charge in [0.15, 0.2) is 0 Å². The summed E-state index contributed by atoms with van der Waals surface area (Å²) in [7, 11) is 0. The number of hydrogen-bond donors (Lipinski definition) is 0. The summed E-state index contributed by atoms with van der Waals surface area (Å²) in [6.07, 6.45) is 0. The van der Waals surface area contributed by atoms with Gasteiger partial charge in [0.25, 0.3) is 0 Å². The summed E-state index contributed by atoms with van der Waals surface area (Å²) in [6.45, 7) is 0. The van der Waals surface area contributed by atoms with Gasteiger partial charge in [-0.15, -0.1) is 22.7 Å². The van der Waals surface area contributed by atoms with Crippen LogP contribution in [0.3, 0.4) is 0 Å². The number of furan rings is 1. The van der Waals surface area contributed by atoms with Crippen molar-refractivity contribution < 1.29 is 4.42 Å². The van der Waals surface area contributed by atoms with Gasteiger partial charge in [0.05, 0.1) is 32.5 Å². The highest BCUT2D eigenvalue weighted by atomic mass is 32.1. The molecule has 0 aliphatic rings. The Morgan fingerprint density at radius 2 is 0.648 bits per heavy atom. The molecule has 0 aliphatic carbocycles. The molecule has 7 heteroatoms. The Balaban J connectivity index is 0.777. The molecule has 0 N–H and O–H groups in total. The number of hydrogen-bond acceptors (Lipinski definition) is 5. The zero-order valence-corrected chi connectivity index (χ0v) is 50.5. The standard InChI is InChI=1S/C84H50N4OS2/c1-3-18-51(19-4-1)87-74-29-13-9-24-61(74)69-45-54(35-40-76(69)87)85(55-38-43-83-73(48-55)64-27-12-15-32-81(64)90-83)53-34-39-60-66(44-53)58-22-7-8-23-59(58)67-49-72-71-47-57(37-42-79(71)89-80(72)50-68(60)67)86(78-31-17-28-65-63-26-11-16-33-82(63)91-84(65)78)56-36-41-77-70(46-56)62-25-10-14-30-75(62)88(77)52-20-5-2-6-21-52/h1-50H. The van der Waals surface area contributed by atoms with E-state index < -0.39 is 0 Å². The molecule has 5 aromatic heterocycles. The topological polar surface area (TPSA) is 29.5 Å². The summed E-state index contributed by atoms with van der Waals surface area (Å²) >= 11 is 3.71. The van der Waals surface area contributed by atoms with Crippen LogP contribution in [0.1, 0.15) is 0 Å². The first-order valence-electron chi connectivity index (χ1n) is 31.0. The van der Waals surface area contributed by atoms with E-state index >= 15 is 0 Å². The highest BCUT2D eigenvalue weighted by molar-refractivity contribution is 7.26. The van der Waals surface area contributed by atoms with Crippen LogP contribution in [0.4, 0.5) is 34.1 Å². The van der Waals surface area contributed by atoms with E-state index in [1.165, 1.54) is 111 Å². The summed E-state index contributed by atoms with van der Waals surface area (Å²) in [5, 5.41) is 19.1. The van der Waals surface area contributed by atoms with Gasteiger partial charge in [0, 0.05) is 108 Å². The molecule has 0 aliphatic heterocycles. The van der Waals surface area contributed by atoms with Crippen LogP contribution < -0.4 is 9.80 Å². The van der Waals surface area contributed by atoms with Crippen molar-refractivity contribution in [2.24, 2.45) is 0 Å². The molecule has 20 rings (SSSR count). The zero-order chi connectivity index (χ0) is 59.4. The van der Waals surface area contributed by atoms with Crippen LogP contribution in [0.15, 0.2) is 308 Å². The van der Waals surface area contributed by atoms with Crippen molar-refractivity contribution in [3.63, 3.8) is 0 Å². The SMILES string of the molecule is c1ccc(-n2c3ccccc3c3cc(N(c4ccc5sc6ccccc6c5c4)c4ccc5c(c4)c4ccccc4c4cc6c(cc54)oc4ccc(N(c5ccc7c(c5)c5ccccc5n7-c5ccccc5)c5cccc7c5sc5ccccc57)cc46)ccc32)cc1. The van der Waals surface area contributed by atoms with Gasteiger partial charge in [0.2, 0.25) is 0 Å². The Hall–Kier alpha value is -11.5. The van der Waals surface area contributed by atoms with Crippen molar-refractivity contribution in [2.75, 3.05) is 9.80 Å². The fourth-order valence-electron chi connectivity index (χ4n) is 15.0. The maximum absolute atomic E-state index is 7.03. The van der Waals surface area contributed by atoms with Crippen LogP contribution in [0.5, 0.6) is 0 Å². The number of benzene rings is 15. The van der Waals surface area contributed by atoms with Crippen LogP contribution in [0.25, 0.3) is 150 Å². The van der Waals surface area contributed by atoms with Gasteiger partial charge in [-0.25, -0.2) is 0 Å². The summed E-state index contributed by atoms with van der Waals surface area (Å²) in [6, 6.07) is 112. The number of nitrogens with zero attached hydrogens (tertiary/aromatic N) is 4. The van der Waals surface area contributed by atoms with Crippen molar-refractivity contribution in [3.8, 4) is 11.4 Å². The first kappa shape index (κ1) is 50.5. The molecule has 0 saturated carbocycles. The van der Waals surface area contributed by atoms with Crippen molar-refractivity contribution >= 4 is 195 Å². The van der Waals surface area contributed by atoms with E-state index in [0.717, 1.165) is 72.8 Å². The summed E-state index contributed by atoms with van der Waals surface area (Å²) in [4.78, 5) is 4.93. The third-order valence-electron chi connectivity index (χ3n) is 19.0. The molecule has 0 radical (unpaired) electrons. The van der Waals surface area contributed by atoms with Gasteiger partial charge in [0.1, 0.15) is 11.2 Å². The van der Waals surface area contributed by atoms with Crippen molar-refractivity contribution in [2.45, 2.75) is 0 Å². The summed E-state index contributed by atoms with van der Waals surface area (Å²) < 4.78 is 16.9.